The highest BCUT2D eigenvalue weighted by molar-refractivity contribution is 5.78. The summed E-state index contributed by atoms with van der Waals surface area (Å²) in [7, 11) is 0. The quantitative estimate of drug-likeness (QED) is 0.659. The van der Waals surface area contributed by atoms with Gasteiger partial charge in [0.05, 0.1) is 6.42 Å². The molecular formula is C20H19F2N5O2. The van der Waals surface area contributed by atoms with Crippen molar-refractivity contribution in [2.45, 2.75) is 25.4 Å². The van der Waals surface area contributed by atoms with E-state index < -0.39 is 11.6 Å². The van der Waals surface area contributed by atoms with Crippen molar-refractivity contribution in [2.75, 3.05) is 13.1 Å². The number of nitrogens with zero attached hydrogens (tertiary/aromatic N) is 5. The van der Waals surface area contributed by atoms with E-state index in [4.69, 9.17) is 4.74 Å². The Bertz CT molecular complexity index is 971. The average molecular weight is 399 g/mol. The average Bonchev–Trinajstić information content (AvgIpc) is 3.26. The third-order valence-corrected chi connectivity index (χ3v) is 4.80. The van der Waals surface area contributed by atoms with Gasteiger partial charge in [0.25, 0.3) is 0 Å². The number of likely N-dealkylation sites (tertiary alicyclic amines) is 1. The number of halogens is 2. The number of ether oxygens (including phenoxy) is 1. The molecule has 3 heterocycles. The zero-order valence-electron chi connectivity index (χ0n) is 15.5. The van der Waals surface area contributed by atoms with Gasteiger partial charge in [0, 0.05) is 50.5 Å². The second kappa shape index (κ2) is 8.34. The van der Waals surface area contributed by atoms with Gasteiger partial charge >= 0.3 is 0 Å². The number of benzene rings is 1. The number of hydrogen-bond donors (Lipinski definition) is 0. The SMILES string of the molecule is O=C(Cc1ccc(F)cc1F)N1CCC(Oc2ccc(-n3cccn3)nn2)CC1. The summed E-state index contributed by atoms with van der Waals surface area (Å²) in [6.45, 7) is 1.01. The summed E-state index contributed by atoms with van der Waals surface area (Å²) in [4.78, 5) is 14.1. The van der Waals surface area contributed by atoms with Crippen LogP contribution in [0.15, 0.2) is 48.8 Å². The maximum atomic E-state index is 13.8. The molecule has 7 nitrogen and oxygen atoms in total. The van der Waals surface area contributed by atoms with E-state index in [0.717, 1.165) is 12.1 Å². The molecule has 0 aliphatic carbocycles. The zero-order chi connectivity index (χ0) is 20.2. The van der Waals surface area contributed by atoms with E-state index in [-0.39, 0.29) is 24.0 Å². The first-order valence-corrected chi connectivity index (χ1v) is 9.30. The van der Waals surface area contributed by atoms with Gasteiger partial charge in [-0.15, -0.1) is 10.2 Å². The van der Waals surface area contributed by atoms with Crippen molar-refractivity contribution in [1.29, 1.82) is 0 Å². The minimum absolute atomic E-state index is 0.0774. The van der Waals surface area contributed by atoms with E-state index >= 15 is 0 Å². The van der Waals surface area contributed by atoms with Crippen molar-refractivity contribution in [3.63, 3.8) is 0 Å². The fourth-order valence-electron chi connectivity index (χ4n) is 3.24. The standard InChI is InChI=1S/C20H19F2N5O2/c21-15-3-2-14(17(22)13-15)12-20(28)26-10-6-16(7-11-26)29-19-5-4-18(24-25-19)27-9-1-8-23-27/h1-5,8-9,13,16H,6-7,10-12H2. The Hall–Kier alpha value is -3.36. The fraction of sp³-hybridized carbons (Fsp3) is 0.300. The van der Waals surface area contributed by atoms with Gasteiger partial charge in [-0.2, -0.15) is 5.10 Å². The van der Waals surface area contributed by atoms with Crippen molar-refractivity contribution in [3.05, 3.63) is 66.0 Å². The Balaban J connectivity index is 1.28. The molecule has 4 rings (SSSR count). The molecule has 1 amide bonds. The molecular weight excluding hydrogens is 380 g/mol. The molecule has 150 valence electrons. The first-order chi connectivity index (χ1) is 14.1. The molecule has 1 aromatic carbocycles. The Morgan fingerprint density at radius 1 is 1.14 bits per heavy atom. The summed E-state index contributed by atoms with van der Waals surface area (Å²) in [5.41, 5.74) is 0.197. The predicted molar refractivity (Wildman–Crippen MR) is 99.4 cm³/mol. The second-order valence-corrected chi connectivity index (χ2v) is 6.79. The van der Waals surface area contributed by atoms with Gasteiger partial charge in [0.15, 0.2) is 5.82 Å². The summed E-state index contributed by atoms with van der Waals surface area (Å²) >= 11 is 0. The van der Waals surface area contributed by atoms with Crippen LogP contribution in [0, 0.1) is 11.6 Å². The summed E-state index contributed by atoms with van der Waals surface area (Å²) in [5, 5.41) is 12.2. The van der Waals surface area contributed by atoms with Gasteiger partial charge in [0.2, 0.25) is 11.8 Å². The normalized spacial score (nSPS) is 14.8. The number of hydrogen-bond acceptors (Lipinski definition) is 5. The summed E-state index contributed by atoms with van der Waals surface area (Å²) in [6.07, 6.45) is 4.55. The van der Waals surface area contributed by atoms with E-state index in [1.165, 1.54) is 6.07 Å². The van der Waals surface area contributed by atoms with Crippen LogP contribution in [0.3, 0.4) is 0 Å². The molecule has 1 aliphatic rings. The number of rotatable bonds is 5. The monoisotopic (exact) mass is 399 g/mol. The fourth-order valence-corrected chi connectivity index (χ4v) is 3.24. The summed E-state index contributed by atoms with van der Waals surface area (Å²) in [6, 6.07) is 8.56. The molecule has 0 spiro atoms. The molecule has 0 atom stereocenters. The molecule has 0 unspecified atom stereocenters. The van der Waals surface area contributed by atoms with Crippen LogP contribution in [0.5, 0.6) is 5.88 Å². The molecule has 2 aromatic heterocycles. The Kier molecular flexibility index (Phi) is 5.46. The van der Waals surface area contributed by atoms with Crippen LogP contribution in [0.25, 0.3) is 5.82 Å². The lowest BCUT2D eigenvalue weighted by molar-refractivity contribution is -0.132. The largest absolute Gasteiger partial charge is 0.473 e. The molecule has 0 bridgehead atoms. The lowest BCUT2D eigenvalue weighted by atomic mass is 10.1. The van der Waals surface area contributed by atoms with Crippen LogP contribution in [-0.4, -0.2) is 50.0 Å². The maximum Gasteiger partial charge on any atom is 0.233 e. The van der Waals surface area contributed by atoms with Crippen molar-refractivity contribution in [3.8, 4) is 11.7 Å². The van der Waals surface area contributed by atoms with Gasteiger partial charge in [-0.25, -0.2) is 13.5 Å². The third-order valence-electron chi connectivity index (χ3n) is 4.80. The van der Waals surface area contributed by atoms with Crippen molar-refractivity contribution < 1.29 is 18.3 Å². The maximum absolute atomic E-state index is 13.8. The Labute approximate surface area is 165 Å². The molecule has 0 saturated carbocycles. The minimum atomic E-state index is -0.700. The van der Waals surface area contributed by atoms with Gasteiger partial charge in [0.1, 0.15) is 17.7 Å². The molecule has 1 fully saturated rings. The van der Waals surface area contributed by atoms with E-state index in [2.05, 4.69) is 15.3 Å². The van der Waals surface area contributed by atoms with Crippen LogP contribution < -0.4 is 4.74 Å². The molecule has 0 radical (unpaired) electrons. The predicted octanol–water partition coefficient (Wildman–Crippen LogP) is 2.55. The molecule has 29 heavy (non-hydrogen) atoms. The van der Waals surface area contributed by atoms with Gasteiger partial charge < -0.3 is 9.64 Å². The van der Waals surface area contributed by atoms with Crippen LogP contribution in [0.2, 0.25) is 0 Å². The van der Waals surface area contributed by atoms with Crippen molar-refractivity contribution in [2.24, 2.45) is 0 Å². The van der Waals surface area contributed by atoms with E-state index in [0.29, 0.717) is 37.6 Å². The van der Waals surface area contributed by atoms with Gasteiger partial charge in [-0.3, -0.25) is 4.79 Å². The van der Waals surface area contributed by atoms with Crippen molar-refractivity contribution in [1.82, 2.24) is 24.9 Å². The van der Waals surface area contributed by atoms with Crippen molar-refractivity contribution >= 4 is 5.91 Å². The molecule has 1 aliphatic heterocycles. The molecule has 3 aromatic rings. The second-order valence-electron chi connectivity index (χ2n) is 6.79. The van der Waals surface area contributed by atoms with Gasteiger partial charge in [-0.05, 0) is 23.8 Å². The summed E-state index contributed by atoms with van der Waals surface area (Å²) < 4.78 is 34.2. The van der Waals surface area contributed by atoms with Crippen LogP contribution >= 0.6 is 0 Å². The van der Waals surface area contributed by atoms with Crippen LogP contribution in [-0.2, 0) is 11.2 Å². The summed E-state index contributed by atoms with van der Waals surface area (Å²) in [5.74, 6) is -0.529. The first-order valence-electron chi connectivity index (χ1n) is 9.30. The Morgan fingerprint density at radius 3 is 2.62 bits per heavy atom. The molecule has 9 heteroatoms. The number of piperidine rings is 1. The number of amides is 1. The van der Waals surface area contributed by atoms with E-state index in [1.54, 1.807) is 40.2 Å². The number of aromatic nitrogens is 4. The highest BCUT2D eigenvalue weighted by Gasteiger charge is 2.25. The van der Waals surface area contributed by atoms with E-state index in [1.807, 2.05) is 0 Å². The molecule has 0 N–H and O–H groups in total. The number of carbonyl (C=O) groups excluding carboxylic acids is 1. The van der Waals surface area contributed by atoms with Gasteiger partial charge in [-0.1, -0.05) is 6.07 Å². The lowest BCUT2D eigenvalue weighted by Crippen LogP contribution is -2.42. The minimum Gasteiger partial charge on any atom is -0.473 e. The third kappa shape index (κ3) is 4.56. The number of carbonyl (C=O) groups is 1. The van der Waals surface area contributed by atoms with Crippen LogP contribution in [0.1, 0.15) is 18.4 Å². The topological polar surface area (TPSA) is 73.1 Å². The van der Waals surface area contributed by atoms with Crippen LogP contribution in [0.4, 0.5) is 8.78 Å². The Morgan fingerprint density at radius 2 is 1.97 bits per heavy atom. The first kappa shape index (κ1) is 19.0. The highest BCUT2D eigenvalue weighted by Crippen LogP contribution is 2.19. The smallest absolute Gasteiger partial charge is 0.233 e. The highest BCUT2D eigenvalue weighted by atomic mass is 19.1. The lowest BCUT2D eigenvalue weighted by Gasteiger charge is -2.32. The molecule has 1 saturated heterocycles. The van der Waals surface area contributed by atoms with E-state index in [9.17, 15) is 13.6 Å². The zero-order valence-corrected chi connectivity index (χ0v) is 15.5.